The fourth-order valence-electron chi connectivity index (χ4n) is 2.42. The summed E-state index contributed by atoms with van der Waals surface area (Å²) in [5, 5.41) is 3.44. The molecule has 1 N–H and O–H groups in total. The summed E-state index contributed by atoms with van der Waals surface area (Å²) in [6, 6.07) is 4.69. The number of anilines is 1. The molecule has 1 saturated heterocycles. The SMILES string of the molecule is CC(C)CNCc1ccc(N2CC(C)OCC2C)nc1. The quantitative estimate of drug-likeness (QED) is 0.897. The second-order valence-corrected chi connectivity index (χ2v) is 6.19. The monoisotopic (exact) mass is 277 g/mol. The van der Waals surface area contributed by atoms with E-state index in [1.54, 1.807) is 0 Å². The molecule has 112 valence electrons. The molecule has 4 nitrogen and oxygen atoms in total. The normalized spacial score (nSPS) is 23.4. The van der Waals surface area contributed by atoms with E-state index in [4.69, 9.17) is 4.74 Å². The van der Waals surface area contributed by atoms with Gasteiger partial charge in [-0.2, -0.15) is 0 Å². The van der Waals surface area contributed by atoms with Crippen LogP contribution in [0, 0.1) is 5.92 Å². The Labute approximate surface area is 122 Å². The first-order valence-corrected chi connectivity index (χ1v) is 7.60. The predicted octanol–water partition coefficient (Wildman–Crippen LogP) is 2.44. The first-order chi connectivity index (χ1) is 9.56. The van der Waals surface area contributed by atoms with Gasteiger partial charge in [0.2, 0.25) is 0 Å². The maximum atomic E-state index is 5.66. The van der Waals surface area contributed by atoms with E-state index < -0.39 is 0 Å². The van der Waals surface area contributed by atoms with Gasteiger partial charge in [0, 0.05) is 19.3 Å². The highest BCUT2D eigenvalue weighted by atomic mass is 16.5. The van der Waals surface area contributed by atoms with Gasteiger partial charge in [0.15, 0.2) is 0 Å². The Bertz CT molecular complexity index is 405. The number of aromatic nitrogens is 1. The zero-order valence-electron chi connectivity index (χ0n) is 13.1. The van der Waals surface area contributed by atoms with Crippen molar-refractivity contribution in [3.8, 4) is 0 Å². The van der Waals surface area contributed by atoms with E-state index in [-0.39, 0.29) is 6.10 Å². The zero-order valence-corrected chi connectivity index (χ0v) is 13.1. The van der Waals surface area contributed by atoms with Gasteiger partial charge in [0.05, 0.1) is 18.8 Å². The van der Waals surface area contributed by atoms with Crippen LogP contribution >= 0.6 is 0 Å². The van der Waals surface area contributed by atoms with Crippen molar-refractivity contribution in [2.75, 3.05) is 24.6 Å². The highest BCUT2D eigenvalue weighted by Gasteiger charge is 2.24. The lowest BCUT2D eigenvalue weighted by atomic mass is 10.2. The zero-order chi connectivity index (χ0) is 14.5. The average molecular weight is 277 g/mol. The second-order valence-electron chi connectivity index (χ2n) is 6.19. The van der Waals surface area contributed by atoms with Gasteiger partial charge in [-0.1, -0.05) is 19.9 Å². The third kappa shape index (κ3) is 4.18. The Hall–Kier alpha value is -1.13. The van der Waals surface area contributed by atoms with Crippen molar-refractivity contribution in [1.82, 2.24) is 10.3 Å². The van der Waals surface area contributed by atoms with E-state index in [0.29, 0.717) is 12.0 Å². The molecule has 2 atom stereocenters. The number of ether oxygens (including phenoxy) is 1. The minimum Gasteiger partial charge on any atom is -0.375 e. The molecule has 0 bridgehead atoms. The van der Waals surface area contributed by atoms with Crippen molar-refractivity contribution in [3.63, 3.8) is 0 Å². The molecule has 0 spiro atoms. The molecule has 2 heterocycles. The number of rotatable bonds is 5. The highest BCUT2D eigenvalue weighted by Crippen LogP contribution is 2.19. The molecule has 0 radical (unpaired) electrons. The summed E-state index contributed by atoms with van der Waals surface area (Å²) in [5.41, 5.74) is 1.24. The van der Waals surface area contributed by atoms with Gasteiger partial charge in [0.1, 0.15) is 5.82 Å². The molecule has 4 heteroatoms. The number of nitrogens with one attached hydrogen (secondary N) is 1. The van der Waals surface area contributed by atoms with Crippen LogP contribution in [0.25, 0.3) is 0 Å². The predicted molar refractivity (Wildman–Crippen MR) is 83.0 cm³/mol. The van der Waals surface area contributed by atoms with Gasteiger partial charge in [-0.05, 0) is 37.9 Å². The Morgan fingerprint density at radius 1 is 1.40 bits per heavy atom. The molecule has 0 aromatic carbocycles. The van der Waals surface area contributed by atoms with Gasteiger partial charge >= 0.3 is 0 Å². The third-order valence-electron chi connectivity index (χ3n) is 3.59. The molecule has 1 aromatic heterocycles. The van der Waals surface area contributed by atoms with E-state index in [2.05, 4.69) is 55.0 Å². The topological polar surface area (TPSA) is 37.4 Å². The molecular weight excluding hydrogens is 250 g/mol. The van der Waals surface area contributed by atoms with Crippen molar-refractivity contribution in [3.05, 3.63) is 23.9 Å². The summed E-state index contributed by atoms with van der Waals surface area (Å²) in [6.45, 7) is 12.4. The lowest BCUT2D eigenvalue weighted by Crippen LogP contribution is -2.47. The summed E-state index contributed by atoms with van der Waals surface area (Å²) >= 11 is 0. The lowest BCUT2D eigenvalue weighted by Gasteiger charge is -2.37. The number of hydrogen-bond acceptors (Lipinski definition) is 4. The molecule has 1 aliphatic rings. The van der Waals surface area contributed by atoms with Crippen LogP contribution in [0.4, 0.5) is 5.82 Å². The molecule has 20 heavy (non-hydrogen) atoms. The summed E-state index contributed by atoms with van der Waals surface area (Å²) in [5.74, 6) is 1.73. The van der Waals surface area contributed by atoms with Crippen molar-refractivity contribution in [1.29, 1.82) is 0 Å². The number of hydrogen-bond donors (Lipinski definition) is 1. The van der Waals surface area contributed by atoms with E-state index in [1.807, 2.05) is 6.20 Å². The average Bonchev–Trinajstić information content (AvgIpc) is 2.42. The van der Waals surface area contributed by atoms with Crippen LogP contribution < -0.4 is 10.2 Å². The summed E-state index contributed by atoms with van der Waals surface area (Å²) in [6.07, 6.45) is 2.26. The largest absolute Gasteiger partial charge is 0.375 e. The van der Waals surface area contributed by atoms with Crippen molar-refractivity contribution in [2.45, 2.75) is 46.4 Å². The minimum atomic E-state index is 0.278. The summed E-state index contributed by atoms with van der Waals surface area (Å²) < 4.78 is 5.66. The fraction of sp³-hybridized carbons (Fsp3) is 0.688. The van der Waals surface area contributed by atoms with E-state index in [1.165, 1.54) is 5.56 Å². The van der Waals surface area contributed by atoms with Crippen LogP contribution in [-0.2, 0) is 11.3 Å². The minimum absolute atomic E-state index is 0.278. The smallest absolute Gasteiger partial charge is 0.128 e. The van der Waals surface area contributed by atoms with Crippen LogP contribution in [0.1, 0.15) is 33.3 Å². The fourth-order valence-corrected chi connectivity index (χ4v) is 2.42. The Kier molecular flexibility index (Phi) is 5.38. The maximum absolute atomic E-state index is 5.66. The molecule has 2 rings (SSSR count). The Morgan fingerprint density at radius 3 is 2.85 bits per heavy atom. The maximum Gasteiger partial charge on any atom is 0.128 e. The molecule has 0 aliphatic carbocycles. The molecule has 1 aromatic rings. The van der Waals surface area contributed by atoms with Gasteiger partial charge in [-0.25, -0.2) is 4.98 Å². The molecule has 1 aliphatic heterocycles. The Morgan fingerprint density at radius 2 is 2.20 bits per heavy atom. The highest BCUT2D eigenvalue weighted by molar-refractivity contribution is 5.41. The first-order valence-electron chi connectivity index (χ1n) is 7.60. The summed E-state index contributed by atoms with van der Waals surface area (Å²) in [4.78, 5) is 6.95. The number of pyridine rings is 1. The molecular formula is C16H27N3O. The first kappa shape index (κ1) is 15.3. The van der Waals surface area contributed by atoms with Crippen molar-refractivity contribution < 1.29 is 4.74 Å². The van der Waals surface area contributed by atoms with Crippen LogP contribution in [-0.4, -0.2) is 36.8 Å². The van der Waals surface area contributed by atoms with Gasteiger partial charge < -0.3 is 15.0 Å². The van der Waals surface area contributed by atoms with E-state index in [0.717, 1.165) is 32.1 Å². The van der Waals surface area contributed by atoms with Crippen LogP contribution in [0.2, 0.25) is 0 Å². The lowest BCUT2D eigenvalue weighted by molar-refractivity contribution is 0.0340. The standard InChI is InChI=1S/C16H27N3O/c1-12(2)7-17-8-15-5-6-16(18-9-15)19-10-14(4)20-11-13(19)3/h5-6,9,12-14,17H,7-8,10-11H2,1-4H3. The van der Waals surface area contributed by atoms with Gasteiger partial charge in [0.25, 0.3) is 0 Å². The molecule has 1 fully saturated rings. The van der Waals surface area contributed by atoms with E-state index >= 15 is 0 Å². The van der Waals surface area contributed by atoms with E-state index in [9.17, 15) is 0 Å². The Balaban J connectivity index is 1.93. The molecule has 0 saturated carbocycles. The van der Waals surface area contributed by atoms with Crippen LogP contribution in [0.15, 0.2) is 18.3 Å². The second kappa shape index (κ2) is 7.04. The van der Waals surface area contributed by atoms with Crippen LogP contribution in [0.5, 0.6) is 0 Å². The molecule has 0 amide bonds. The number of morpholine rings is 1. The van der Waals surface area contributed by atoms with Crippen molar-refractivity contribution >= 4 is 5.82 Å². The van der Waals surface area contributed by atoms with Gasteiger partial charge in [-0.3, -0.25) is 0 Å². The summed E-state index contributed by atoms with van der Waals surface area (Å²) in [7, 11) is 0. The van der Waals surface area contributed by atoms with Crippen molar-refractivity contribution in [2.24, 2.45) is 5.92 Å². The third-order valence-corrected chi connectivity index (χ3v) is 3.59. The number of nitrogens with zero attached hydrogens (tertiary/aromatic N) is 2. The molecule has 2 unspecified atom stereocenters. The van der Waals surface area contributed by atoms with Gasteiger partial charge in [-0.15, -0.1) is 0 Å². The van der Waals surface area contributed by atoms with Crippen LogP contribution in [0.3, 0.4) is 0 Å².